The van der Waals surface area contributed by atoms with Gasteiger partial charge in [0.15, 0.2) is 0 Å². The first-order valence-electron chi connectivity index (χ1n) is 5.91. The van der Waals surface area contributed by atoms with Gasteiger partial charge in [-0.25, -0.2) is 8.42 Å². The molecule has 5 nitrogen and oxygen atoms in total. The number of hydrogen-bond acceptors (Lipinski definition) is 4. The van der Waals surface area contributed by atoms with Gasteiger partial charge in [0.1, 0.15) is 0 Å². The molecular weight excluding hydrogens is 252 g/mol. The summed E-state index contributed by atoms with van der Waals surface area (Å²) in [6, 6.07) is 6.27. The summed E-state index contributed by atoms with van der Waals surface area (Å²) in [5, 5.41) is 0. The van der Waals surface area contributed by atoms with Crippen molar-refractivity contribution in [2.24, 2.45) is 0 Å². The Morgan fingerprint density at radius 2 is 1.67 bits per heavy atom. The summed E-state index contributed by atoms with van der Waals surface area (Å²) < 4.78 is 31.8. The minimum absolute atomic E-state index is 0.0858. The number of benzene rings is 1. The number of nitrogen functional groups attached to an aromatic ring is 1. The smallest absolute Gasteiger partial charge is 0.243 e. The monoisotopic (exact) mass is 270 g/mol. The minimum Gasteiger partial charge on any atom is -0.399 e. The molecule has 1 aromatic rings. The van der Waals surface area contributed by atoms with Crippen LogP contribution >= 0.6 is 0 Å². The van der Waals surface area contributed by atoms with Gasteiger partial charge >= 0.3 is 0 Å². The van der Waals surface area contributed by atoms with Gasteiger partial charge in [0.05, 0.1) is 17.1 Å². The highest BCUT2D eigenvalue weighted by atomic mass is 32.2. The van der Waals surface area contributed by atoms with E-state index in [0.717, 1.165) is 0 Å². The first kappa shape index (κ1) is 13.3. The standard InChI is InChI=1S/C12H18N2O3S/c1-9-7-14(8-10(2)17-9)18(15,16)12-5-3-11(13)4-6-12/h3-6,9-10H,7-8,13H2,1-2H3. The Morgan fingerprint density at radius 1 is 1.17 bits per heavy atom. The molecule has 1 saturated heterocycles. The lowest BCUT2D eigenvalue weighted by atomic mass is 10.3. The van der Waals surface area contributed by atoms with Crippen molar-refractivity contribution in [2.75, 3.05) is 18.8 Å². The molecule has 18 heavy (non-hydrogen) atoms. The molecule has 1 aromatic carbocycles. The molecule has 0 amide bonds. The van der Waals surface area contributed by atoms with Crippen LogP contribution in [0.3, 0.4) is 0 Å². The molecule has 6 heteroatoms. The lowest BCUT2D eigenvalue weighted by Crippen LogP contribution is -2.48. The Bertz CT molecular complexity index is 503. The zero-order chi connectivity index (χ0) is 13.3. The quantitative estimate of drug-likeness (QED) is 0.816. The molecule has 2 rings (SSSR count). The Balaban J connectivity index is 2.28. The van der Waals surface area contributed by atoms with Crippen LogP contribution in [-0.4, -0.2) is 38.0 Å². The Labute approximate surface area is 108 Å². The first-order valence-corrected chi connectivity index (χ1v) is 7.35. The Hall–Kier alpha value is -1.11. The van der Waals surface area contributed by atoms with E-state index in [-0.39, 0.29) is 17.1 Å². The highest BCUT2D eigenvalue weighted by molar-refractivity contribution is 7.89. The molecule has 0 aromatic heterocycles. The number of nitrogens with zero attached hydrogens (tertiary/aromatic N) is 1. The Kier molecular flexibility index (Phi) is 3.61. The van der Waals surface area contributed by atoms with E-state index in [2.05, 4.69) is 0 Å². The zero-order valence-corrected chi connectivity index (χ0v) is 11.4. The van der Waals surface area contributed by atoms with Crippen molar-refractivity contribution >= 4 is 15.7 Å². The SMILES string of the molecule is CC1CN(S(=O)(=O)c2ccc(N)cc2)CC(C)O1. The number of ether oxygens (including phenoxy) is 1. The van der Waals surface area contributed by atoms with Crippen molar-refractivity contribution in [2.45, 2.75) is 31.0 Å². The van der Waals surface area contributed by atoms with Crippen molar-refractivity contribution in [3.8, 4) is 0 Å². The van der Waals surface area contributed by atoms with E-state index in [1.807, 2.05) is 13.8 Å². The summed E-state index contributed by atoms with van der Waals surface area (Å²) in [7, 11) is -3.45. The maximum absolute atomic E-state index is 12.4. The molecule has 2 atom stereocenters. The van der Waals surface area contributed by atoms with Crippen molar-refractivity contribution < 1.29 is 13.2 Å². The van der Waals surface area contributed by atoms with E-state index in [1.165, 1.54) is 16.4 Å². The second kappa shape index (κ2) is 4.87. The van der Waals surface area contributed by atoms with Gasteiger partial charge in [-0.15, -0.1) is 0 Å². The van der Waals surface area contributed by atoms with Crippen LogP contribution in [0.25, 0.3) is 0 Å². The van der Waals surface area contributed by atoms with Gasteiger partial charge in [-0.3, -0.25) is 0 Å². The summed E-state index contributed by atoms with van der Waals surface area (Å²) in [6.45, 7) is 4.52. The highest BCUT2D eigenvalue weighted by Crippen LogP contribution is 2.21. The number of morpholine rings is 1. The fourth-order valence-electron chi connectivity index (χ4n) is 2.12. The number of sulfonamides is 1. The van der Waals surface area contributed by atoms with Gasteiger partial charge in [0.2, 0.25) is 10.0 Å². The average molecular weight is 270 g/mol. The molecule has 2 N–H and O–H groups in total. The van der Waals surface area contributed by atoms with Gasteiger partial charge in [-0.1, -0.05) is 0 Å². The first-order chi connectivity index (χ1) is 8.39. The van der Waals surface area contributed by atoms with E-state index in [0.29, 0.717) is 18.8 Å². The number of hydrogen-bond donors (Lipinski definition) is 1. The van der Waals surface area contributed by atoms with Crippen molar-refractivity contribution in [3.63, 3.8) is 0 Å². The maximum atomic E-state index is 12.4. The minimum atomic E-state index is -3.45. The molecule has 0 bridgehead atoms. The summed E-state index contributed by atoms with van der Waals surface area (Å²) in [5.74, 6) is 0. The van der Waals surface area contributed by atoms with Crippen molar-refractivity contribution in [1.82, 2.24) is 4.31 Å². The van der Waals surface area contributed by atoms with E-state index in [1.54, 1.807) is 12.1 Å². The third-order valence-electron chi connectivity index (χ3n) is 2.90. The second-order valence-corrected chi connectivity index (χ2v) is 6.59. The zero-order valence-electron chi connectivity index (χ0n) is 10.5. The van der Waals surface area contributed by atoms with Gasteiger partial charge < -0.3 is 10.5 Å². The normalized spacial score (nSPS) is 26.1. The predicted molar refractivity (Wildman–Crippen MR) is 69.6 cm³/mol. The van der Waals surface area contributed by atoms with E-state index >= 15 is 0 Å². The average Bonchev–Trinajstić information content (AvgIpc) is 2.28. The number of rotatable bonds is 2. The van der Waals surface area contributed by atoms with Crippen LogP contribution in [0.15, 0.2) is 29.2 Å². The largest absolute Gasteiger partial charge is 0.399 e. The molecule has 1 aliphatic rings. The molecule has 1 fully saturated rings. The van der Waals surface area contributed by atoms with Crippen LogP contribution in [0.2, 0.25) is 0 Å². The fourth-order valence-corrected chi connectivity index (χ4v) is 3.71. The van der Waals surface area contributed by atoms with Gasteiger partial charge in [0, 0.05) is 18.8 Å². The molecule has 0 spiro atoms. The van der Waals surface area contributed by atoms with Crippen LogP contribution in [0.5, 0.6) is 0 Å². The molecule has 2 unspecified atom stereocenters. The van der Waals surface area contributed by atoms with E-state index in [9.17, 15) is 8.42 Å². The highest BCUT2D eigenvalue weighted by Gasteiger charge is 2.31. The third kappa shape index (κ3) is 2.66. The Morgan fingerprint density at radius 3 is 2.17 bits per heavy atom. The van der Waals surface area contributed by atoms with Crippen LogP contribution in [-0.2, 0) is 14.8 Å². The molecule has 0 radical (unpaired) electrons. The summed E-state index contributed by atoms with van der Waals surface area (Å²) in [6.07, 6.45) is -0.172. The van der Waals surface area contributed by atoms with Gasteiger partial charge in [0.25, 0.3) is 0 Å². The summed E-state index contributed by atoms with van der Waals surface area (Å²) >= 11 is 0. The lowest BCUT2D eigenvalue weighted by Gasteiger charge is -2.34. The topological polar surface area (TPSA) is 72.6 Å². The van der Waals surface area contributed by atoms with E-state index < -0.39 is 10.0 Å². The van der Waals surface area contributed by atoms with Gasteiger partial charge in [-0.05, 0) is 38.1 Å². The number of nitrogens with two attached hydrogens (primary N) is 1. The molecule has 1 heterocycles. The second-order valence-electron chi connectivity index (χ2n) is 4.65. The number of anilines is 1. The lowest BCUT2D eigenvalue weighted by molar-refractivity contribution is -0.0440. The molecule has 0 saturated carbocycles. The molecule has 100 valence electrons. The van der Waals surface area contributed by atoms with E-state index in [4.69, 9.17) is 10.5 Å². The van der Waals surface area contributed by atoms with Crippen LogP contribution in [0, 0.1) is 0 Å². The summed E-state index contributed by atoms with van der Waals surface area (Å²) in [5.41, 5.74) is 6.12. The third-order valence-corrected chi connectivity index (χ3v) is 4.75. The predicted octanol–water partition coefficient (Wildman–Crippen LogP) is 1.07. The van der Waals surface area contributed by atoms with Crippen molar-refractivity contribution in [1.29, 1.82) is 0 Å². The maximum Gasteiger partial charge on any atom is 0.243 e. The van der Waals surface area contributed by atoms with Crippen LogP contribution in [0.4, 0.5) is 5.69 Å². The van der Waals surface area contributed by atoms with Crippen LogP contribution < -0.4 is 5.73 Å². The van der Waals surface area contributed by atoms with Crippen molar-refractivity contribution in [3.05, 3.63) is 24.3 Å². The summed E-state index contributed by atoms with van der Waals surface area (Å²) in [4.78, 5) is 0.276. The molecule has 1 aliphatic heterocycles. The fraction of sp³-hybridized carbons (Fsp3) is 0.500. The molecule has 0 aliphatic carbocycles. The van der Waals surface area contributed by atoms with Crippen LogP contribution in [0.1, 0.15) is 13.8 Å². The van der Waals surface area contributed by atoms with Gasteiger partial charge in [-0.2, -0.15) is 4.31 Å². The molecular formula is C12H18N2O3S.